The zero-order valence-corrected chi connectivity index (χ0v) is 14.3. The molecule has 0 saturated carbocycles. The van der Waals surface area contributed by atoms with Crippen LogP contribution in [0.25, 0.3) is 0 Å². The molecule has 1 saturated heterocycles. The fourth-order valence-electron chi connectivity index (χ4n) is 2.31. The lowest BCUT2D eigenvalue weighted by Crippen LogP contribution is -2.49. The second kappa shape index (κ2) is 6.47. The van der Waals surface area contributed by atoms with Crippen molar-refractivity contribution in [3.05, 3.63) is 29.8 Å². The molecule has 1 heterocycles. The van der Waals surface area contributed by atoms with Crippen LogP contribution in [0.1, 0.15) is 19.4 Å². The van der Waals surface area contributed by atoms with Gasteiger partial charge in [0.1, 0.15) is 0 Å². The van der Waals surface area contributed by atoms with Gasteiger partial charge in [-0.3, -0.25) is 0 Å². The monoisotopic (exact) mass is 343 g/mol. The van der Waals surface area contributed by atoms with Gasteiger partial charge in [-0.25, -0.2) is 18.4 Å². The highest BCUT2D eigenvalue weighted by Gasteiger charge is 2.29. The van der Waals surface area contributed by atoms with Crippen molar-refractivity contribution >= 4 is 27.8 Å². The molecule has 8 heteroatoms. The second-order valence-corrected chi connectivity index (χ2v) is 9.24. The molecular weight excluding hydrogens is 322 g/mol. The van der Waals surface area contributed by atoms with E-state index in [1.807, 2.05) is 11.8 Å². The van der Waals surface area contributed by atoms with E-state index in [0.29, 0.717) is 12.1 Å². The van der Waals surface area contributed by atoms with E-state index >= 15 is 0 Å². The Morgan fingerprint density at radius 1 is 1.45 bits per heavy atom. The third-order valence-corrected chi connectivity index (χ3v) is 5.59. The van der Waals surface area contributed by atoms with Gasteiger partial charge in [-0.15, -0.1) is 0 Å². The van der Waals surface area contributed by atoms with Gasteiger partial charge in [0.25, 0.3) is 0 Å². The molecule has 0 aliphatic carbocycles. The maximum absolute atomic E-state index is 12.2. The third kappa shape index (κ3) is 4.62. The summed E-state index contributed by atoms with van der Waals surface area (Å²) in [5.74, 6) is 0.918. The van der Waals surface area contributed by atoms with Gasteiger partial charge in [-0.05, 0) is 31.5 Å². The fraction of sp³-hybridized carbons (Fsp3) is 0.500. The average Bonchev–Trinajstić information content (AvgIpc) is 2.43. The van der Waals surface area contributed by atoms with Gasteiger partial charge in [-0.2, -0.15) is 11.8 Å². The first-order valence-electron chi connectivity index (χ1n) is 6.96. The maximum atomic E-state index is 12.2. The molecule has 0 radical (unpaired) electrons. The average molecular weight is 343 g/mol. The Kier molecular flexibility index (Phi) is 5.03. The number of hydrogen-bond donors (Lipinski definition) is 2. The van der Waals surface area contributed by atoms with Crippen molar-refractivity contribution in [2.24, 2.45) is 5.14 Å². The number of primary sulfonamides is 1. The molecule has 1 fully saturated rings. The van der Waals surface area contributed by atoms with Crippen molar-refractivity contribution in [3.8, 4) is 0 Å². The van der Waals surface area contributed by atoms with Crippen LogP contribution < -0.4 is 10.5 Å². The van der Waals surface area contributed by atoms with Crippen molar-refractivity contribution < 1.29 is 13.2 Å². The van der Waals surface area contributed by atoms with Crippen LogP contribution in [0.2, 0.25) is 0 Å². The molecule has 0 aromatic heterocycles. The first-order chi connectivity index (χ1) is 10.2. The van der Waals surface area contributed by atoms with Crippen LogP contribution in [0.4, 0.5) is 4.79 Å². The number of carbonyl (C=O) groups is 1. The van der Waals surface area contributed by atoms with Crippen molar-refractivity contribution in [1.82, 2.24) is 10.2 Å². The van der Waals surface area contributed by atoms with Crippen LogP contribution in [-0.4, -0.2) is 42.9 Å². The van der Waals surface area contributed by atoms with Gasteiger partial charge in [0.2, 0.25) is 10.0 Å². The van der Waals surface area contributed by atoms with Crippen LogP contribution in [0, 0.1) is 0 Å². The van der Waals surface area contributed by atoms with E-state index in [-0.39, 0.29) is 22.2 Å². The Morgan fingerprint density at radius 3 is 2.82 bits per heavy atom. The van der Waals surface area contributed by atoms with E-state index in [2.05, 4.69) is 19.2 Å². The van der Waals surface area contributed by atoms with E-state index in [9.17, 15) is 13.2 Å². The minimum atomic E-state index is -3.73. The lowest BCUT2D eigenvalue weighted by Gasteiger charge is -2.37. The summed E-state index contributed by atoms with van der Waals surface area (Å²) in [5.41, 5.74) is 0.700. The molecular formula is C14H21N3O3S2. The number of nitrogens with two attached hydrogens (primary N) is 1. The normalized spacial score (nSPS) is 18.0. The quantitative estimate of drug-likeness (QED) is 0.867. The molecule has 0 spiro atoms. The number of thioether (sulfide) groups is 1. The maximum Gasteiger partial charge on any atom is 0.317 e. The zero-order valence-electron chi connectivity index (χ0n) is 12.7. The number of carbonyl (C=O) groups excluding carboxylic acids is 1. The molecule has 1 aromatic rings. The first-order valence-corrected chi connectivity index (χ1v) is 9.49. The third-order valence-electron chi connectivity index (χ3n) is 3.38. The Labute approximate surface area is 135 Å². The highest BCUT2D eigenvalue weighted by Crippen LogP contribution is 2.29. The van der Waals surface area contributed by atoms with E-state index in [0.717, 1.165) is 12.3 Å². The molecule has 3 N–H and O–H groups in total. The predicted molar refractivity (Wildman–Crippen MR) is 88.2 cm³/mol. The minimum absolute atomic E-state index is 0.0507. The van der Waals surface area contributed by atoms with Crippen LogP contribution in [0.15, 0.2) is 29.2 Å². The van der Waals surface area contributed by atoms with Crippen LogP contribution in [0.3, 0.4) is 0 Å². The number of amides is 2. The second-order valence-electron chi connectivity index (χ2n) is 5.88. The smallest absolute Gasteiger partial charge is 0.317 e. The predicted octanol–water partition coefficient (Wildman–Crippen LogP) is 1.37. The zero-order chi connectivity index (χ0) is 16.4. The minimum Gasteiger partial charge on any atom is -0.334 e. The Morgan fingerprint density at radius 2 is 2.18 bits per heavy atom. The Balaban J connectivity index is 1.97. The number of nitrogens with zero attached hydrogens (tertiary/aromatic N) is 1. The molecule has 0 bridgehead atoms. The molecule has 2 amide bonds. The van der Waals surface area contributed by atoms with Crippen molar-refractivity contribution in [2.45, 2.75) is 30.0 Å². The van der Waals surface area contributed by atoms with Gasteiger partial charge in [0.05, 0.1) is 4.90 Å². The lowest BCUT2D eigenvalue weighted by atomic mass is 10.2. The SMILES string of the molecule is CC1(C)CN(C(=O)NCc2cccc(S(N)(=O)=O)c2)CCS1. The highest BCUT2D eigenvalue weighted by atomic mass is 32.2. The van der Waals surface area contributed by atoms with Gasteiger partial charge in [0.15, 0.2) is 0 Å². The molecule has 1 aliphatic heterocycles. The fourth-order valence-corrected chi connectivity index (χ4v) is 4.01. The standard InChI is InChI=1S/C14H21N3O3S2/c1-14(2)10-17(6-7-21-14)13(18)16-9-11-4-3-5-12(8-11)22(15,19)20/h3-5,8H,6-7,9-10H2,1-2H3,(H,16,18)(H2,15,19,20). The number of nitrogens with one attached hydrogen (secondary N) is 1. The largest absolute Gasteiger partial charge is 0.334 e. The topological polar surface area (TPSA) is 92.5 Å². The van der Waals surface area contributed by atoms with Gasteiger partial charge < -0.3 is 10.2 Å². The summed E-state index contributed by atoms with van der Waals surface area (Å²) >= 11 is 1.86. The number of benzene rings is 1. The van der Waals surface area contributed by atoms with Gasteiger partial charge in [0, 0.05) is 30.1 Å². The summed E-state index contributed by atoms with van der Waals surface area (Å²) in [6.07, 6.45) is 0. The van der Waals surface area contributed by atoms with Crippen LogP contribution in [0.5, 0.6) is 0 Å². The summed E-state index contributed by atoms with van der Waals surface area (Å²) in [6, 6.07) is 6.15. The number of hydrogen-bond acceptors (Lipinski definition) is 4. The summed E-state index contributed by atoms with van der Waals surface area (Å²) in [7, 11) is -3.73. The highest BCUT2D eigenvalue weighted by molar-refractivity contribution is 8.00. The summed E-state index contributed by atoms with van der Waals surface area (Å²) in [6.45, 7) is 5.92. The molecule has 0 unspecified atom stereocenters. The van der Waals surface area contributed by atoms with Crippen LogP contribution >= 0.6 is 11.8 Å². The van der Waals surface area contributed by atoms with E-state index < -0.39 is 10.0 Å². The molecule has 22 heavy (non-hydrogen) atoms. The summed E-state index contributed by atoms with van der Waals surface area (Å²) < 4.78 is 22.7. The summed E-state index contributed by atoms with van der Waals surface area (Å²) in [5, 5.41) is 7.93. The molecule has 122 valence electrons. The molecule has 1 aliphatic rings. The van der Waals surface area contributed by atoms with Crippen molar-refractivity contribution in [1.29, 1.82) is 0 Å². The molecule has 6 nitrogen and oxygen atoms in total. The molecule has 0 atom stereocenters. The van der Waals surface area contributed by atoms with Crippen molar-refractivity contribution in [2.75, 3.05) is 18.8 Å². The van der Waals surface area contributed by atoms with E-state index in [1.165, 1.54) is 12.1 Å². The van der Waals surface area contributed by atoms with Gasteiger partial charge >= 0.3 is 6.03 Å². The van der Waals surface area contributed by atoms with Gasteiger partial charge in [-0.1, -0.05) is 12.1 Å². The van der Waals surface area contributed by atoms with E-state index in [4.69, 9.17) is 5.14 Å². The Hall–Kier alpha value is -1.25. The first kappa shape index (κ1) is 17.1. The number of sulfonamides is 1. The number of rotatable bonds is 3. The molecule has 1 aromatic carbocycles. The van der Waals surface area contributed by atoms with Crippen molar-refractivity contribution in [3.63, 3.8) is 0 Å². The van der Waals surface area contributed by atoms with E-state index in [1.54, 1.807) is 17.0 Å². The summed E-state index contributed by atoms with van der Waals surface area (Å²) in [4.78, 5) is 14.0. The molecule has 2 rings (SSSR count). The number of urea groups is 1. The van der Waals surface area contributed by atoms with Crippen LogP contribution in [-0.2, 0) is 16.6 Å². The lowest BCUT2D eigenvalue weighted by molar-refractivity contribution is 0.194. The Bertz CT molecular complexity index is 659.